The number of aliphatic imine (C=N–C) groups is 1. The summed E-state index contributed by atoms with van der Waals surface area (Å²) < 4.78 is 2.07. The van der Waals surface area contributed by atoms with E-state index in [0.29, 0.717) is 16.0 Å². The number of nitrogens with one attached hydrogen (secondary N) is 1. The van der Waals surface area contributed by atoms with Gasteiger partial charge < -0.3 is 11.1 Å². The average molecular weight is 457 g/mol. The highest BCUT2D eigenvalue weighted by Crippen LogP contribution is 2.40. The topological polar surface area (TPSA) is 66.3 Å². The first-order valence-corrected chi connectivity index (χ1v) is 11.3. The number of halogens is 2. The van der Waals surface area contributed by atoms with E-state index in [1.807, 2.05) is 31.2 Å². The number of aryl methyl sites for hydroxylation is 1. The molecule has 0 amide bonds. The van der Waals surface area contributed by atoms with Gasteiger partial charge in [-0.25, -0.2) is 9.56 Å². The lowest BCUT2D eigenvalue weighted by Crippen LogP contribution is -2.50. The minimum atomic E-state index is -0.798. The van der Waals surface area contributed by atoms with Crippen LogP contribution in [-0.4, -0.2) is 34.4 Å². The van der Waals surface area contributed by atoms with Crippen LogP contribution in [0.1, 0.15) is 22.7 Å². The van der Waals surface area contributed by atoms with Crippen LogP contribution in [0.5, 0.6) is 0 Å². The summed E-state index contributed by atoms with van der Waals surface area (Å²) in [6.07, 6.45) is 1.01. The van der Waals surface area contributed by atoms with Gasteiger partial charge in [-0.2, -0.15) is 0 Å². The number of amidine groups is 1. The number of nitrogens with two attached hydrogens (primary N) is 1. The highest BCUT2D eigenvalue weighted by molar-refractivity contribution is 7.09. The number of nitrogens with zero attached hydrogens (tertiary/aromatic N) is 3. The predicted molar refractivity (Wildman–Crippen MR) is 124 cm³/mol. The fourth-order valence-corrected chi connectivity index (χ4v) is 5.37. The summed E-state index contributed by atoms with van der Waals surface area (Å²) in [6, 6.07) is 13.8. The molecule has 30 heavy (non-hydrogen) atoms. The van der Waals surface area contributed by atoms with Gasteiger partial charge in [0.25, 0.3) is 5.54 Å². The Kier molecular flexibility index (Phi) is 4.81. The molecule has 1 unspecified atom stereocenters. The van der Waals surface area contributed by atoms with Crippen molar-refractivity contribution in [3.8, 4) is 11.1 Å². The summed E-state index contributed by atoms with van der Waals surface area (Å²) in [5.74, 6) is 1.48. The summed E-state index contributed by atoms with van der Waals surface area (Å²) in [6.45, 7) is 3.72. The highest BCUT2D eigenvalue weighted by atomic mass is 35.5. The molecule has 152 valence electrons. The van der Waals surface area contributed by atoms with Crippen LogP contribution in [-0.2, 0) is 5.54 Å². The molecule has 1 atom stereocenters. The van der Waals surface area contributed by atoms with Crippen LogP contribution in [0.4, 0.5) is 0 Å². The second-order valence-corrected chi connectivity index (χ2v) is 9.39. The third kappa shape index (κ3) is 3.11. The Morgan fingerprint density at radius 2 is 1.93 bits per heavy atom. The number of rotatable bonds is 3. The number of aromatic nitrogens is 1. The van der Waals surface area contributed by atoms with Gasteiger partial charge in [0.1, 0.15) is 5.69 Å². The molecular formula is C22H20Cl2N5S+. The van der Waals surface area contributed by atoms with E-state index in [1.54, 1.807) is 17.4 Å². The van der Waals surface area contributed by atoms with Crippen molar-refractivity contribution in [1.82, 2.24) is 10.3 Å². The van der Waals surface area contributed by atoms with Gasteiger partial charge >= 0.3 is 5.96 Å². The minimum absolute atomic E-state index is 0.513. The number of benzene rings is 2. The zero-order chi connectivity index (χ0) is 20.9. The second kappa shape index (κ2) is 7.38. The molecule has 8 heteroatoms. The molecule has 0 saturated carbocycles. The van der Waals surface area contributed by atoms with Gasteiger partial charge in [-0.3, -0.25) is 0 Å². The van der Waals surface area contributed by atoms with Gasteiger partial charge in [-0.05, 0) is 42.3 Å². The molecular weight excluding hydrogens is 437 g/mol. The third-order valence-electron chi connectivity index (χ3n) is 5.49. The molecule has 1 aromatic heterocycles. The van der Waals surface area contributed by atoms with E-state index in [-0.39, 0.29) is 0 Å². The van der Waals surface area contributed by atoms with Crippen molar-refractivity contribution in [3.05, 3.63) is 74.2 Å². The first-order chi connectivity index (χ1) is 14.5. The summed E-state index contributed by atoms with van der Waals surface area (Å²) in [7, 11) is 0. The molecule has 5 rings (SSSR count). The number of thiazole rings is 1. The van der Waals surface area contributed by atoms with Crippen LogP contribution in [0.25, 0.3) is 11.1 Å². The van der Waals surface area contributed by atoms with Crippen molar-refractivity contribution in [2.45, 2.75) is 18.9 Å². The molecule has 0 bridgehead atoms. The Balaban J connectivity index is 1.74. The monoisotopic (exact) mass is 456 g/mol. The Labute approximate surface area is 188 Å². The molecule has 3 heterocycles. The fraction of sp³-hybridized carbons (Fsp3) is 0.227. The SMILES string of the molecule is Cc1nc(C2(c3cccc(-c4cc(Cl)cc(Cl)c4)c3)N=C(N)[N+]3=C2NCCC3)cs1. The summed E-state index contributed by atoms with van der Waals surface area (Å²) in [5, 5.41) is 7.82. The molecule has 0 fully saturated rings. The molecule has 0 spiro atoms. The molecule has 0 aliphatic carbocycles. The fourth-order valence-electron chi connectivity index (χ4n) is 4.19. The van der Waals surface area contributed by atoms with E-state index in [1.165, 1.54) is 0 Å². The zero-order valence-corrected chi connectivity index (χ0v) is 18.7. The Morgan fingerprint density at radius 3 is 2.67 bits per heavy atom. The van der Waals surface area contributed by atoms with Crippen molar-refractivity contribution in [2.24, 2.45) is 10.7 Å². The van der Waals surface area contributed by atoms with Crippen molar-refractivity contribution >= 4 is 46.3 Å². The maximum absolute atomic E-state index is 6.39. The summed E-state index contributed by atoms with van der Waals surface area (Å²) in [4.78, 5) is 9.82. The van der Waals surface area contributed by atoms with Crippen molar-refractivity contribution < 1.29 is 4.58 Å². The molecule has 2 aromatic carbocycles. The van der Waals surface area contributed by atoms with Crippen LogP contribution in [0.3, 0.4) is 0 Å². The number of hydrogen-bond acceptors (Lipinski definition) is 5. The molecule has 3 aromatic rings. The predicted octanol–water partition coefficient (Wildman–Crippen LogP) is 4.40. The molecule has 3 N–H and O–H groups in total. The molecule has 2 aliphatic rings. The molecule has 0 radical (unpaired) electrons. The lowest BCUT2D eigenvalue weighted by atomic mass is 9.84. The minimum Gasteiger partial charge on any atom is -0.321 e. The van der Waals surface area contributed by atoms with Crippen molar-refractivity contribution in [1.29, 1.82) is 0 Å². The standard InChI is InChI=1S/C22H19Cl2N5S/c1-13-27-19(12-30-13)22(20-26-6-3-7-29(20)21(25)28-22)16-5-2-4-14(8-16)15-9-17(23)11-18(24)10-15/h2,4-5,8-12H,3,6-7H2,1H3,(H2,25,28)/p+1. The first kappa shape index (κ1) is 19.5. The lowest BCUT2D eigenvalue weighted by Gasteiger charge is -2.26. The number of guanidine groups is 1. The number of hydrogen-bond donors (Lipinski definition) is 2. The summed E-state index contributed by atoms with van der Waals surface area (Å²) in [5.41, 5.74) is 9.42. The van der Waals surface area contributed by atoms with Crippen LogP contribution < -0.4 is 11.1 Å². The third-order valence-corrected chi connectivity index (χ3v) is 6.70. The van der Waals surface area contributed by atoms with Crippen molar-refractivity contribution in [2.75, 3.05) is 13.1 Å². The van der Waals surface area contributed by atoms with E-state index in [2.05, 4.69) is 27.4 Å². The second-order valence-electron chi connectivity index (χ2n) is 7.45. The van der Waals surface area contributed by atoms with Crippen molar-refractivity contribution in [3.63, 3.8) is 0 Å². The Hall–Kier alpha value is -2.41. The highest BCUT2D eigenvalue weighted by Gasteiger charge is 2.53. The van der Waals surface area contributed by atoms with E-state index < -0.39 is 5.54 Å². The largest absolute Gasteiger partial charge is 0.341 e. The van der Waals surface area contributed by atoms with Crippen LogP contribution in [0.2, 0.25) is 10.0 Å². The Bertz CT molecular complexity index is 1200. The van der Waals surface area contributed by atoms with Gasteiger partial charge in [0.05, 0.1) is 18.1 Å². The van der Waals surface area contributed by atoms with Gasteiger partial charge in [0.2, 0.25) is 5.84 Å². The van der Waals surface area contributed by atoms with E-state index in [0.717, 1.165) is 52.7 Å². The smallest absolute Gasteiger partial charge is 0.321 e. The maximum Gasteiger partial charge on any atom is 0.341 e. The molecule has 0 saturated heterocycles. The van der Waals surface area contributed by atoms with Gasteiger partial charge in [-0.15, -0.1) is 16.3 Å². The van der Waals surface area contributed by atoms with E-state index in [9.17, 15) is 0 Å². The van der Waals surface area contributed by atoms with Crippen LogP contribution in [0, 0.1) is 6.92 Å². The van der Waals surface area contributed by atoms with Crippen LogP contribution >= 0.6 is 34.5 Å². The Morgan fingerprint density at radius 1 is 1.13 bits per heavy atom. The van der Waals surface area contributed by atoms with Crippen LogP contribution in [0.15, 0.2) is 52.8 Å². The summed E-state index contributed by atoms with van der Waals surface area (Å²) >= 11 is 14.1. The lowest BCUT2D eigenvalue weighted by molar-refractivity contribution is -0.415. The van der Waals surface area contributed by atoms with E-state index >= 15 is 0 Å². The first-order valence-electron chi connectivity index (χ1n) is 9.71. The molecule has 2 aliphatic heterocycles. The maximum atomic E-state index is 6.39. The molecule has 5 nitrogen and oxygen atoms in total. The zero-order valence-electron chi connectivity index (χ0n) is 16.3. The van der Waals surface area contributed by atoms with Gasteiger partial charge in [0.15, 0.2) is 0 Å². The average Bonchev–Trinajstić information content (AvgIpc) is 3.30. The quantitative estimate of drug-likeness (QED) is 0.573. The normalized spacial score (nSPS) is 20.7. The van der Waals surface area contributed by atoms with Gasteiger partial charge in [-0.1, -0.05) is 41.4 Å². The van der Waals surface area contributed by atoms with Gasteiger partial charge in [0, 0.05) is 27.4 Å². The van der Waals surface area contributed by atoms with E-state index in [4.69, 9.17) is 38.9 Å².